The molecule has 2 atom stereocenters. The molecular weight excluding hydrogens is 354 g/mol. The predicted molar refractivity (Wildman–Crippen MR) is 98.3 cm³/mol. The lowest BCUT2D eigenvalue weighted by atomic mass is 10.0. The molecule has 2 heterocycles. The fraction of sp³-hybridized carbons (Fsp3) is 0.611. The van der Waals surface area contributed by atoms with Gasteiger partial charge in [-0.05, 0) is 43.0 Å². The van der Waals surface area contributed by atoms with Gasteiger partial charge in [-0.15, -0.1) is 0 Å². The first-order valence-corrected chi connectivity index (χ1v) is 10.6. The third-order valence-electron chi connectivity index (χ3n) is 5.33. The molecule has 3 N–H and O–H groups in total. The number of aliphatic hydroxyl groups excluding tert-OH is 1. The summed E-state index contributed by atoms with van der Waals surface area (Å²) in [5.41, 5.74) is 0.414. The van der Waals surface area contributed by atoms with Crippen LogP contribution in [0.5, 0.6) is 0 Å². The van der Waals surface area contributed by atoms with E-state index in [9.17, 15) is 18.3 Å². The molecule has 2 saturated heterocycles. The zero-order valence-electron chi connectivity index (χ0n) is 15.0. The van der Waals surface area contributed by atoms with Crippen molar-refractivity contribution in [2.75, 3.05) is 32.7 Å². The van der Waals surface area contributed by atoms with Gasteiger partial charge in [0.1, 0.15) is 0 Å². The molecule has 1 aromatic rings. The van der Waals surface area contributed by atoms with Crippen molar-refractivity contribution in [2.24, 2.45) is 11.8 Å². The highest BCUT2D eigenvalue weighted by molar-refractivity contribution is 7.89. The quantitative estimate of drug-likeness (QED) is 0.687. The summed E-state index contributed by atoms with van der Waals surface area (Å²) in [6, 6.07) is 6.07. The molecule has 0 spiro atoms. The van der Waals surface area contributed by atoms with Crippen molar-refractivity contribution in [1.82, 2.24) is 14.9 Å². The minimum atomic E-state index is -3.50. The van der Waals surface area contributed by atoms with Crippen molar-refractivity contribution in [3.8, 4) is 0 Å². The highest BCUT2D eigenvalue weighted by Gasteiger charge is 2.28. The smallest absolute Gasteiger partial charge is 0.251 e. The number of β-amino-alcohol motifs (C(OH)–C–C–N with tert-alkyl or cyclic N) is 1. The van der Waals surface area contributed by atoms with Gasteiger partial charge >= 0.3 is 0 Å². The van der Waals surface area contributed by atoms with Gasteiger partial charge in [0.25, 0.3) is 5.91 Å². The van der Waals surface area contributed by atoms with Crippen LogP contribution < -0.4 is 10.6 Å². The maximum absolute atomic E-state index is 12.7. The van der Waals surface area contributed by atoms with Crippen molar-refractivity contribution in [3.63, 3.8) is 0 Å². The van der Waals surface area contributed by atoms with Gasteiger partial charge in [-0.2, -0.15) is 4.31 Å². The fourth-order valence-electron chi connectivity index (χ4n) is 3.41. The van der Waals surface area contributed by atoms with Crippen molar-refractivity contribution in [2.45, 2.75) is 30.8 Å². The standard InChI is InChI=1S/C18H27N3O4S/c1-13-6-8-21(9-7-13)26(24,25)16-4-2-14(3-5-16)18(23)20-11-15-10-19-12-17(15)22/h2-5,13,15,17,19,22H,6-12H2,1H3,(H,20,23). The summed E-state index contributed by atoms with van der Waals surface area (Å²) >= 11 is 0. The van der Waals surface area contributed by atoms with E-state index in [1.54, 1.807) is 0 Å². The lowest BCUT2D eigenvalue weighted by Gasteiger charge is -2.29. The molecule has 8 heteroatoms. The normalized spacial score (nSPS) is 25.3. The second-order valence-corrected chi connectivity index (χ2v) is 9.24. The lowest BCUT2D eigenvalue weighted by Crippen LogP contribution is -2.38. The number of carbonyl (C=O) groups is 1. The molecule has 0 bridgehead atoms. The Bertz CT molecular complexity index is 727. The molecule has 2 fully saturated rings. The third-order valence-corrected chi connectivity index (χ3v) is 7.24. The maximum Gasteiger partial charge on any atom is 0.251 e. The van der Waals surface area contributed by atoms with Crippen molar-refractivity contribution in [3.05, 3.63) is 29.8 Å². The summed E-state index contributed by atoms with van der Waals surface area (Å²) < 4.78 is 26.9. The Morgan fingerprint density at radius 1 is 1.23 bits per heavy atom. The first-order chi connectivity index (χ1) is 12.4. The van der Waals surface area contributed by atoms with Crippen LogP contribution in [0.4, 0.5) is 0 Å². The van der Waals surface area contributed by atoms with Gasteiger partial charge in [0.15, 0.2) is 0 Å². The van der Waals surface area contributed by atoms with Crippen LogP contribution in [0.25, 0.3) is 0 Å². The van der Waals surface area contributed by atoms with E-state index < -0.39 is 16.1 Å². The van der Waals surface area contributed by atoms with Crippen LogP contribution in [-0.2, 0) is 10.0 Å². The van der Waals surface area contributed by atoms with Crippen LogP contribution in [0, 0.1) is 11.8 Å². The first-order valence-electron chi connectivity index (χ1n) is 9.15. The predicted octanol–water partition coefficient (Wildman–Crippen LogP) is 0.417. The molecule has 3 rings (SSSR count). The molecule has 2 aliphatic heterocycles. The molecule has 0 saturated carbocycles. The van der Waals surface area contributed by atoms with Gasteiger partial charge in [-0.3, -0.25) is 4.79 Å². The number of hydrogen-bond acceptors (Lipinski definition) is 5. The average Bonchev–Trinajstić information content (AvgIpc) is 3.05. The Balaban J connectivity index is 1.61. The average molecular weight is 381 g/mol. The number of sulfonamides is 1. The number of nitrogens with one attached hydrogen (secondary N) is 2. The number of hydrogen-bond donors (Lipinski definition) is 3. The van der Waals surface area contributed by atoms with E-state index in [4.69, 9.17) is 0 Å². The van der Waals surface area contributed by atoms with Crippen LogP contribution in [0.15, 0.2) is 29.2 Å². The number of amides is 1. The van der Waals surface area contributed by atoms with Gasteiger partial charge < -0.3 is 15.7 Å². The Kier molecular flexibility index (Phi) is 5.96. The molecule has 0 radical (unpaired) electrons. The van der Waals surface area contributed by atoms with Gasteiger partial charge in [-0.1, -0.05) is 6.92 Å². The number of benzene rings is 1. The maximum atomic E-state index is 12.7. The highest BCUT2D eigenvalue weighted by Crippen LogP contribution is 2.23. The number of rotatable bonds is 5. The second kappa shape index (κ2) is 8.04. The number of aliphatic hydroxyl groups is 1. The fourth-order valence-corrected chi connectivity index (χ4v) is 4.88. The Labute approximate surface area is 154 Å². The molecule has 1 amide bonds. The Hall–Kier alpha value is -1.48. The Morgan fingerprint density at radius 2 is 1.88 bits per heavy atom. The van der Waals surface area contributed by atoms with Crippen LogP contribution >= 0.6 is 0 Å². The van der Waals surface area contributed by atoms with Crippen LogP contribution in [0.1, 0.15) is 30.1 Å². The third kappa shape index (κ3) is 4.25. The van der Waals surface area contributed by atoms with E-state index in [0.29, 0.717) is 44.2 Å². The monoisotopic (exact) mass is 381 g/mol. The summed E-state index contributed by atoms with van der Waals surface area (Å²) in [5, 5.41) is 15.6. The van der Waals surface area contributed by atoms with E-state index in [2.05, 4.69) is 17.6 Å². The lowest BCUT2D eigenvalue weighted by molar-refractivity contribution is 0.0927. The van der Waals surface area contributed by atoms with E-state index in [1.165, 1.54) is 28.6 Å². The second-order valence-electron chi connectivity index (χ2n) is 7.31. The van der Waals surface area contributed by atoms with E-state index in [1.807, 2.05) is 0 Å². The summed E-state index contributed by atoms with van der Waals surface area (Å²) in [4.78, 5) is 12.5. The number of carbonyl (C=O) groups excluding carboxylic acids is 1. The number of nitrogens with zero attached hydrogens (tertiary/aromatic N) is 1. The minimum absolute atomic E-state index is 0.0000872. The number of piperidine rings is 1. The van der Waals surface area contributed by atoms with E-state index in [0.717, 1.165) is 12.8 Å². The summed E-state index contributed by atoms with van der Waals surface area (Å²) in [7, 11) is -3.50. The molecule has 2 unspecified atom stereocenters. The Morgan fingerprint density at radius 3 is 2.46 bits per heavy atom. The van der Waals surface area contributed by atoms with Gasteiger partial charge in [-0.25, -0.2) is 8.42 Å². The molecule has 26 heavy (non-hydrogen) atoms. The minimum Gasteiger partial charge on any atom is -0.391 e. The first kappa shape index (κ1) is 19.3. The summed E-state index contributed by atoms with van der Waals surface area (Å²) in [5.74, 6) is 0.293. The SMILES string of the molecule is CC1CCN(S(=O)(=O)c2ccc(C(=O)NCC3CNCC3O)cc2)CC1. The van der Waals surface area contributed by atoms with Gasteiger partial charge in [0.05, 0.1) is 11.0 Å². The molecule has 0 aromatic heterocycles. The highest BCUT2D eigenvalue weighted by atomic mass is 32.2. The van der Waals surface area contributed by atoms with Crippen molar-refractivity contribution >= 4 is 15.9 Å². The molecule has 0 aliphatic carbocycles. The zero-order chi connectivity index (χ0) is 18.7. The van der Waals surface area contributed by atoms with Crippen LogP contribution in [-0.4, -0.2) is 62.6 Å². The van der Waals surface area contributed by atoms with E-state index in [-0.39, 0.29) is 16.7 Å². The van der Waals surface area contributed by atoms with E-state index >= 15 is 0 Å². The zero-order valence-corrected chi connectivity index (χ0v) is 15.8. The summed E-state index contributed by atoms with van der Waals surface area (Å²) in [6.45, 7) is 4.83. The summed E-state index contributed by atoms with van der Waals surface area (Å²) in [6.07, 6.45) is 1.30. The molecule has 2 aliphatic rings. The van der Waals surface area contributed by atoms with Gasteiger partial charge in [0, 0.05) is 44.2 Å². The molecular formula is C18H27N3O4S. The molecule has 1 aromatic carbocycles. The largest absolute Gasteiger partial charge is 0.391 e. The van der Waals surface area contributed by atoms with Crippen molar-refractivity contribution < 1.29 is 18.3 Å². The van der Waals surface area contributed by atoms with Crippen LogP contribution in [0.3, 0.4) is 0 Å². The molecule has 144 valence electrons. The topological polar surface area (TPSA) is 98.7 Å². The van der Waals surface area contributed by atoms with Crippen LogP contribution in [0.2, 0.25) is 0 Å². The van der Waals surface area contributed by atoms with Crippen molar-refractivity contribution in [1.29, 1.82) is 0 Å². The van der Waals surface area contributed by atoms with Gasteiger partial charge in [0.2, 0.25) is 10.0 Å². The molecule has 7 nitrogen and oxygen atoms in total.